The van der Waals surface area contributed by atoms with Crippen molar-refractivity contribution in [3.63, 3.8) is 0 Å². The van der Waals surface area contributed by atoms with E-state index in [4.69, 9.17) is 28.8 Å². The summed E-state index contributed by atoms with van der Waals surface area (Å²) in [5.74, 6) is -3.31. The van der Waals surface area contributed by atoms with Crippen molar-refractivity contribution in [1.29, 1.82) is 0 Å². The molecule has 0 aromatic carbocycles. The molecule has 2 saturated heterocycles. The predicted octanol–water partition coefficient (Wildman–Crippen LogP) is -1.34. The summed E-state index contributed by atoms with van der Waals surface area (Å²) in [4.78, 5) is 45.0. The normalized spacial score (nSPS) is 32.1. The highest BCUT2D eigenvalue weighted by Crippen LogP contribution is 2.41. The Morgan fingerprint density at radius 2 is 1.35 bits per heavy atom. The summed E-state index contributed by atoms with van der Waals surface area (Å²) in [5.41, 5.74) is 0. The Kier molecular flexibility index (Phi) is 6.51. The smallest absolute Gasteiger partial charge is 0.332 e. The fraction of sp³-hybridized carbons (Fsp3) is 0.733. The van der Waals surface area contributed by atoms with Crippen molar-refractivity contribution < 1.29 is 52.7 Å². The zero-order chi connectivity index (χ0) is 19.4. The van der Waals surface area contributed by atoms with Crippen molar-refractivity contribution in [2.45, 2.75) is 50.5 Å². The van der Waals surface area contributed by atoms with Gasteiger partial charge in [-0.25, -0.2) is 9.59 Å². The van der Waals surface area contributed by atoms with Crippen LogP contribution in [0.15, 0.2) is 0 Å². The van der Waals surface area contributed by atoms with E-state index in [1.165, 1.54) is 21.0 Å². The highest BCUT2D eigenvalue weighted by Gasteiger charge is 2.65. The Labute approximate surface area is 148 Å². The number of methoxy groups -OCH3 is 1. The number of esters is 3. The lowest BCUT2D eigenvalue weighted by Crippen LogP contribution is -2.57. The van der Waals surface area contributed by atoms with Crippen LogP contribution in [-0.2, 0) is 47.6 Å². The minimum atomic E-state index is -1.24. The summed E-state index contributed by atoms with van der Waals surface area (Å²) < 4.78 is 31.2. The summed E-state index contributed by atoms with van der Waals surface area (Å²) in [6, 6.07) is 0. The van der Waals surface area contributed by atoms with Gasteiger partial charge in [-0.2, -0.15) is 0 Å². The third-order valence-electron chi connectivity index (χ3n) is 3.85. The van der Waals surface area contributed by atoms with Crippen LogP contribution >= 0.6 is 0 Å². The molecule has 0 aromatic heterocycles. The van der Waals surface area contributed by atoms with E-state index in [2.05, 4.69) is 4.74 Å². The molecule has 2 fully saturated rings. The Hall–Kier alpha value is -2.24. The molecule has 0 spiro atoms. The van der Waals surface area contributed by atoms with E-state index >= 15 is 0 Å². The van der Waals surface area contributed by atoms with E-state index in [1.54, 1.807) is 0 Å². The van der Waals surface area contributed by atoms with E-state index in [-0.39, 0.29) is 0 Å². The summed E-state index contributed by atoms with van der Waals surface area (Å²) >= 11 is 0. The fourth-order valence-corrected chi connectivity index (χ4v) is 3.07. The first-order valence-electron chi connectivity index (χ1n) is 7.76. The lowest BCUT2D eigenvalue weighted by Gasteiger charge is -2.35. The van der Waals surface area contributed by atoms with Gasteiger partial charge in [-0.3, -0.25) is 9.59 Å². The molecule has 0 aromatic rings. The van der Waals surface area contributed by atoms with Gasteiger partial charge < -0.3 is 33.5 Å². The number of carbonyl (C=O) groups excluding carboxylic acids is 3. The molecule has 2 aliphatic rings. The van der Waals surface area contributed by atoms with Crippen LogP contribution in [0.4, 0.5) is 0 Å². The van der Waals surface area contributed by atoms with E-state index in [0.717, 1.165) is 0 Å². The topological polar surface area (TPSA) is 144 Å². The van der Waals surface area contributed by atoms with Crippen LogP contribution < -0.4 is 0 Å². The molecule has 0 amide bonds. The minimum absolute atomic E-state index is 0.577. The average Bonchev–Trinajstić information content (AvgIpc) is 3.02. The van der Waals surface area contributed by atoms with Crippen LogP contribution in [0.5, 0.6) is 0 Å². The van der Waals surface area contributed by atoms with Gasteiger partial charge >= 0.3 is 23.9 Å². The van der Waals surface area contributed by atoms with E-state index in [9.17, 15) is 19.2 Å². The second-order valence-electron chi connectivity index (χ2n) is 5.75. The maximum absolute atomic E-state index is 11.9. The minimum Gasteiger partial charge on any atom is -0.480 e. The monoisotopic (exact) mass is 376 g/mol. The first kappa shape index (κ1) is 20.1. The Bertz CT molecular complexity index is 574. The molecule has 2 aliphatic heterocycles. The Balaban J connectivity index is 2.10. The number of carbonyl (C=O) groups is 4. The maximum atomic E-state index is 11.9. The molecule has 26 heavy (non-hydrogen) atoms. The molecule has 0 radical (unpaired) electrons. The van der Waals surface area contributed by atoms with Gasteiger partial charge in [0.2, 0.25) is 0 Å². The molecule has 6 atom stereocenters. The summed E-state index contributed by atoms with van der Waals surface area (Å²) in [5, 5.41) is 8.50. The van der Waals surface area contributed by atoms with Crippen LogP contribution in [-0.4, -0.2) is 85.9 Å². The van der Waals surface area contributed by atoms with Crippen molar-refractivity contribution in [3.8, 4) is 0 Å². The van der Waals surface area contributed by atoms with Gasteiger partial charge in [0.25, 0.3) is 0 Å². The molecule has 146 valence electrons. The van der Waals surface area contributed by atoms with Crippen molar-refractivity contribution in [2.75, 3.05) is 20.3 Å². The third-order valence-corrected chi connectivity index (χ3v) is 3.85. The summed E-state index contributed by atoms with van der Waals surface area (Å²) in [6.45, 7) is 1.12. The van der Waals surface area contributed by atoms with Crippen LogP contribution in [0.3, 0.4) is 0 Å². The van der Waals surface area contributed by atoms with E-state index in [1.807, 2.05) is 0 Å². The van der Waals surface area contributed by atoms with Crippen LogP contribution in [0.2, 0.25) is 0 Å². The molecule has 1 N–H and O–H groups in total. The molecule has 2 rings (SSSR count). The first-order chi connectivity index (χ1) is 12.2. The highest BCUT2D eigenvalue weighted by molar-refractivity contribution is 5.73. The molecule has 2 heterocycles. The SMILES string of the molecule is CO[C@H]1C(OC(C)=O)C2O[C@H]1C(OC(C)=O)C2OC(=O)COCC(=O)O. The Morgan fingerprint density at radius 1 is 0.846 bits per heavy atom. The zero-order valence-electron chi connectivity index (χ0n) is 14.4. The zero-order valence-corrected chi connectivity index (χ0v) is 14.4. The number of carboxylic acid groups (broad SMARTS) is 1. The van der Waals surface area contributed by atoms with E-state index in [0.29, 0.717) is 0 Å². The molecule has 4 unspecified atom stereocenters. The predicted molar refractivity (Wildman–Crippen MR) is 78.9 cm³/mol. The molecule has 11 heteroatoms. The number of rotatable bonds is 8. The second kappa shape index (κ2) is 8.43. The molecule has 2 bridgehead atoms. The van der Waals surface area contributed by atoms with Gasteiger partial charge in [0.15, 0.2) is 18.3 Å². The largest absolute Gasteiger partial charge is 0.480 e. The van der Waals surface area contributed by atoms with Gasteiger partial charge in [-0.05, 0) is 0 Å². The van der Waals surface area contributed by atoms with Gasteiger partial charge in [0.05, 0.1) is 0 Å². The van der Waals surface area contributed by atoms with Gasteiger partial charge in [-0.1, -0.05) is 0 Å². The molecular formula is C15H20O11. The maximum Gasteiger partial charge on any atom is 0.332 e. The third kappa shape index (κ3) is 4.48. The standard InChI is InChI=1S/C15H20O11/c1-6(16)23-11-10(21-3)12-13(24-7(2)17)14(15(11)26-12)25-9(20)5-22-4-8(18)19/h10-15H,4-5H2,1-3H3,(H,18,19)/t10-,11?,12+,13?,14?,15?/m0/s1. The number of hydrogen-bond acceptors (Lipinski definition) is 10. The highest BCUT2D eigenvalue weighted by atomic mass is 16.7. The quantitative estimate of drug-likeness (QED) is 0.397. The number of carboxylic acids is 1. The lowest BCUT2D eigenvalue weighted by atomic mass is 9.89. The average molecular weight is 376 g/mol. The molecule has 11 nitrogen and oxygen atoms in total. The van der Waals surface area contributed by atoms with Gasteiger partial charge in [-0.15, -0.1) is 0 Å². The fourth-order valence-electron chi connectivity index (χ4n) is 3.07. The van der Waals surface area contributed by atoms with E-state index < -0.39 is 73.7 Å². The summed E-state index contributed by atoms with van der Waals surface area (Å²) in [7, 11) is 1.39. The number of ether oxygens (including phenoxy) is 6. The molecular weight excluding hydrogens is 356 g/mol. The van der Waals surface area contributed by atoms with Crippen LogP contribution in [0, 0.1) is 0 Å². The van der Waals surface area contributed by atoms with Gasteiger partial charge in [0.1, 0.15) is 31.5 Å². The second-order valence-corrected chi connectivity index (χ2v) is 5.75. The number of fused-ring (bicyclic) bond motifs is 2. The van der Waals surface area contributed by atoms with Crippen molar-refractivity contribution in [1.82, 2.24) is 0 Å². The Morgan fingerprint density at radius 3 is 1.85 bits per heavy atom. The summed E-state index contributed by atoms with van der Waals surface area (Å²) in [6.07, 6.45) is -5.27. The van der Waals surface area contributed by atoms with Crippen molar-refractivity contribution >= 4 is 23.9 Å². The van der Waals surface area contributed by atoms with Crippen molar-refractivity contribution in [2.24, 2.45) is 0 Å². The van der Waals surface area contributed by atoms with Crippen LogP contribution in [0.25, 0.3) is 0 Å². The van der Waals surface area contributed by atoms with Crippen molar-refractivity contribution in [3.05, 3.63) is 0 Å². The molecule has 0 aliphatic carbocycles. The van der Waals surface area contributed by atoms with Crippen LogP contribution in [0.1, 0.15) is 13.8 Å². The first-order valence-corrected chi connectivity index (χ1v) is 7.76. The number of aliphatic carboxylic acids is 1. The van der Waals surface area contributed by atoms with Gasteiger partial charge in [0, 0.05) is 21.0 Å². The number of hydrogen-bond donors (Lipinski definition) is 1. The lowest BCUT2D eigenvalue weighted by molar-refractivity contribution is -0.186. The molecule has 0 saturated carbocycles.